The van der Waals surface area contributed by atoms with Crippen molar-refractivity contribution < 1.29 is 14.3 Å². The number of rotatable bonds is 0. The van der Waals surface area contributed by atoms with Crippen LogP contribution in [0.1, 0.15) is 40.0 Å². The smallest absolute Gasteiger partial charge is 0.310 e. The Balaban J connectivity index is 2.06. The van der Waals surface area contributed by atoms with E-state index in [1.807, 2.05) is 6.92 Å². The molecule has 0 radical (unpaired) electrons. The second-order valence-corrected chi connectivity index (χ2v) is 6.61. The molecule has 1 saturated heterocycles. The van der Waals surface area contributed by atoms with E-state index < -0.39 is 0 Å². The van der Waals surface area contributed by atoms with Crippen LogP contribution >= 0.6 is 0 Å². The van der Waals surface area contributed by atoms with Gasteiger partial charge >= 0.3 is 5.97 Å². The highest BCUT2D eigenvalue weighted by molar-refractivity contribution is 5.99. The van der Waals surface area contributed by atoms with Crippen molar-refractivity contribution in [1.82, 2.24) is 0 Å². The molecule has 2 fully saturated rings. The minimum atomic E-state index is -0.204. The second kappa shape index (κ2) is 3.69. The molecular weight excluding hydrogens is 228 g/mol. The fourth-order valence-electron chi connectivity index (χ4n) is 3.81. The van der Waals surface area contributed by atoms with E-state index in [4.69, 9.17) is 4.74 Å². The number of esters is 1. The molecular formula is C15H20O3. The summed E-state index contributed by atoms with van der Waals surface area (Å²) in [5.41, 5.74) is 0.664. The number of carbonyl (C=O) groups excluding carboxylic acids is 2. The Morgan fingerprint density at radius 1 is 1.28 bits per heavy atom. The van der Waals surface area contributed by atoms with Gasteiger partial charge in [-0.05, 0) is 18.4 Å². The van der Waals surface area contributed by atoms with Crippen molar-refractivity contribution >= 4 is 11.8 Å². The standard InChI is InChI=1S/C15H20O3/c1-8-5-4-6-9-11-10(12(8)16)7-15(2,3)13(11)18-14(9)17/h7-9,11,13H,4-6H2,1-3H3/t8-,9+,11+,13+/m1/s1. The zero-order valence-corrected chi connectivity index (χ0v) is 11.2. The number of hydrogen-bond acceptors (Lipinski definition) is 3. The van der Waals surface area contributed by atoms with Gasteiger partial charge < -0.3 is 4.74 Å². The van der Waals surface area contributed by atoms with Crippen LogP contribution in [0, 0.1) is 23.2 Å². The first kappa shape index (κ1) is 11.9. The molecule has 3 aliphatic rings. The summed E-state index contributed by atoms with van der Waals surface area (Å²) in [6.45, 7) is 6.12. The molecule has 1 saturated carbocycles. The lowest BCUT2D eigenvalue weighted by Gasteiger charge is -2.26. The SMILES string of the molecule is C[C@@H]1CCC[C@@H]2C(=O)O[C@H]3[C@@H]2C(=CC3(C)C)C1=O. The maximum atomic E-state index is 12.5. The predicted octanol–water partition coefficient (Wildman–Crippen LogP) is 2.50. The minimum Gasteiger partial charge on any atom is -0.461 e. The molecule has 3 rings (SSSR count). The third-order valence-electron chi connectivity index (χ3n) is 4.81. The zero-order chi connectivity index (χ0) is 13.1. The van der Waals surface area contributed by atoms with Crippen LogP contribution in [0.3, 0.4) is 0 Å². The van der Waals surface area contributed by atoms with E-state index >= 15 is 0 Å². The summed E-state index contributed by atoms with van der Waals surface area (Å²) < 4.78 is 5.57. The summed E-state index contributed by atoms with van der Waals surface area (Å²) in [5.74, 6) is 0.161. The molecule has 1 heterocycles. The largest absolute Gasteiger partial charge is 0.461 e. The van der Waals surface area contributed by atoms with Crippen molar-refractivity contribution in [2.24, 2.45) is 23.2 Å². The van der Waals surface area contributed by atoms with Crippen LogP contribution in [0.15, 0.2) is 11.6 Å². The second-order valence-electron chi connectivity index (χ2n) is 6.61. The first-order chi connectivity index (χ1) is 8.42. The van der Waals surface area contributed by atoms with Crippen LogP contribution < -0.4 is 0 Å². The Kier molecular flexibility index (Phi) is 2.45. The number of hydrogen-bond donors (Lipinski definition) is 0. The zero-order valence-electron chi connectivity index (χ0n) is 11.2. The Morgan fingerprint density at radius 2 is 2.00 bits per heavy atom. The molecule has 0 aromatic carbocycles. The molecule has 0 aromatic heterocycles. The lowest BCUT2D eigenvalue weighted by atomic mass is 9.75. The third-order valence-corrected chi connectivity index (χ3v) is 4.81. The molecule has 0 spiro atoms. The highest BCUT2D eigenvalue weighted by Gasteiger charge is 2.57. The summed E-state index contributed by atoms with van der Waals surface area (Å²) in [6.07, 6.45) is 4.64. The van der Waals surface area contributed by atoms with E-state index in [2.05, 4.69) is 19.9 Å². The monoisotopic (exact) mass is 248 g/mol. The van der Waals surface area contributed by atoms with Crippen molar-refractivity contribution in [3.8, 4) is 0 Å². The van der Waals surface area contributed by atoms with E-state index in [0.29, 0.717) is 0 Å². The van der Waals surface area contributed by atoms with Gasteiger partial charge in [0, 0.05) is 17.3 Å². The summed E-state index contributed by atoms with van der Waals surface area (Å²) >= 11 is 0. The van der Waals surface area contributed by atoms with E-state index in [-0.39, 0.29) is 41.0 Å². The summed E-state index contributed by atoms with van der Waals surface area (Å²) in [4.78, 5) is 24.4. The third kappa shape index (κ3) is 1.49. The molecule has 18 heavy (non-hydrogen) atoms. The van der Waals surface area contributed by atoms with Crippen LogP contribution in [0.5, 0.6) is 0 Å². The molecule has 0 N–H and O–H groups in total. The molecule has 2 aliphatic carbocycles. The van der Waals surface area contributed by atoms with E-state index in [1.54, 1.807) is 0 Å². The Labute approximate surface area is 108 Å². The topological polar surface area (TPSA) is 43.4 Å². The van der Waals surface area contributed by atoms with Crippen LogP contribution in [0.2, 0.25) is 0 Å². The summed E-state index contributed by atoms with van der Waals surface area (Å²) in [7, 11) is 0. The van der Waals surface area contributed by atoms with Gasteiger partial charge in [0.1, 0.15) is 6.10 Å². The van der Waals surface area contributed by atoms with Crippen LogP contribution in [0.4, 0.5) is 0 Å². The highest BCUT2D eigenvalue weighted by Crippen LogP contribution is 2.52. The van der Waals surface area contributed by atoms with Crippen molar-refractivity contribution in [2.45, 2.75) is 46.1 Å². The average Bonchev–Trinajstić information content (AvgIpc) is 2.73. The van der Waals surface area contributed by atoms with Gasteiger partial charge in [0.2, 0.25) is 0 Å². The molecule has 3 nitrogen and oxygen atoms in total. The first-order valence-electron chi connectivity index (χ1n) is 6.89. The van der Waals surface area contributed by atoms with Gasteiger partial charge in [0.05, 0.1) is 5.92 Å². The van der Waals surface area contributed by atoms with Gasteiger partial charge in [-0.15, -0.1) is 0 Å². The van der Waals surface area contributed by atoms with Crippen LogP contribution in [0.25, 0.3) is 0 Å². The molecule has 0 aromatic rings. The van der Waals surface area contributed by atoms with Gasteiger partial charge in [-0.2, -0.15) is 0 Å². The van der Waals surface area contributed by atoms with Crippen molar-refractivity contribution in [2.75, 3.05) is 0 Å². The number of ether oxygens (including phenoxy) is 1. The Hall–Kier alpha value is -1.12. The fraction of sp³-hybridized carbons (Fsp3) is 0.733. The molecule has 98 valence electrons. The quantitative estimate of drug-likeness (QED) is 0.619. The molecule has 0 amide bonds. The van der Waals surface area contributed by atoms with E-state index in [0.717, 1.165) is 24.8 Å². The first-order valence-corrected chi connectivity index (χ1v) is 6.89. The van der Waals surface area contributed by atoms with Gasteiger partial charge in [-0.25, -0.2) is 0 Å². The number of ketones is 1. The number of carbonyl (C=O) groups is 2. The molecule has 0 bridgehead atoms. The highest BCUT2D eigenvalue weighted by atomic mass is 16.6. The molecule has 3 heteroatoms. The van der Waals surface area contributed by atoms with Crippen molar-refractivity contribution in [1.29, 1.82) is 0 Å². The van der Waals surface area contributed by atoms with Crippen molar-refractivity contribution in [3.63, 3.8) is 0 Å². The normalized spacial score (nSPS) is 41.8. The Bertz CT molecular complexity index is 447. The van der Waals surface area contributed by atoms with E-state index in [1.165, 1.54) is 0 Å². The lowest BCUT2D eigenvalue weighted by molar-refractivity contribution is -0.147. The maximum Gasteiger partial charge on any atom is 0.310 e. The van der Waals surface area contributed by atoms with Gasteiger partial charge in [-0.3, -0.25) is 9.59 Å². The molecule has 4 atom stereocenters. The van der Waals surface area contributed by atoms with Gasteiger partial charge in [0.15, 0.2) is 5.78 Å². The van der Waals surface area contributed by atoms with Crippen LogP contribution in [-0.2, 0) is 14.3 Å². The predicted molar refractivity (Wildman–Crippen MR) is 66.7 cm³/mol. The lowest BCUT2D eigenvalue weighted by Crippen LogP contribution is -2.31. The van der Waals surface area contributed by atoms with Crippen LogP contribution in [-0.4, -0.2) is 17.9 Å². The Morgan fingerprint density at radius 3 is 2.72 bits per heavy atom. The van der Waals surface area contributed by atoms with E-state index in [9.17, 15) is 9.59 Å². The van der Waals surface area contributed by atoms with Gasteiger partial charge in [0.25, 0.3) is 0 Å². The molecule has 0 unspecified atom stereocenters. The van der Waals surface area contributed by atoms with Gasteiger partial charge in [-0.1, -0.05) is 33.3 Å². The molecule has 1 aliphatic heterocycles. The summed E-state index contributed by atoms with van der Waals surface area (Å²) in [6, 6.07) is 0. The van der Waals surface area contributed by atoms with Crippen molar-refractivity contribution in [3.05, 3.63) is 11.6 Å². The summed E-state index contributed by atoms with van der Waals surface area (Å²) in [5, 5.41) is 0. The number of Topliss-reactive ketones (excluding diaryl/α,β-unsaturated/α-hetero) is 1. The maximum absolute atomic E-state index is 12.5. The fourth-order valence-corrected chi connectivity index (χ4v) is 3.81. The minimum absolute atomic E-state index is 0.0164. The average molecular weight is 248 g/mol.